The lowest BCUT2D eigenvalue weighted by atomic mass is 9.79. The minimum Gasteiger partial charge on any atom is -0.406 e. The summed E-state index contributed by atoms with van der Waals surface area (Å²) < 4.78 is 78.9. The first-order valence-electron chi connectivity index (χ1n) is 23.9. The van der Waals surface area contributed by atoms with Crippen molar-refractivity contribution in [2.45, 2.75) is 92.8 Å². The minimum atomic E-state index is -3.89. The van der Waals surface area contributed by atoms with E-state index in [0.717, 1.165) is 42.8 Å². The van der Waals surface area contributed by atoms with Gasteiger partial charge in [-0.1, -0.05) is 60.7 Å². The van der Waals surface area contributed by atoms with Crippen LogP contribution in [0.25, 0.3) is 36.9 Å². The molecule has 1 atom stereocenters. The SMILES string of the molecule is CC1(C)OBOC1(C)C.CN(C)c1ccc(-c2cnc3c(c2)C(I)=CC3S(=O)(=O)c2ccccc2)cc1.CN(C)c1ccc(-c2cnc3c(c2)c(B2OC(C)(C)C(C)(C)O2)cn3S(=O)(=O)c2ccccc2)cc1. The van der Waals surface area contributed by atoms with Crippen molar-refractivity contribution >= 4 is 88.7 Å². The van der Waals surface area contributed by atoms with E-state index in [1.165, 1.54) is 3.97 Å². The third-order valence-corrected chi connectivity index (χ3v) is 18.9. The molecule has 2 saturated heterocycles. The predicted octanol–water partition coefficient (Wildman–Crippen LogP) is 10.3. The highest BCUT2D eigenvalue weighted by atomic mass is 127. The van der Waals surface area contributed by atoms with Gasteiger partial charge in [-0.15, -0.1) is 0 Å². The molecule has 0 amide bonds. The Morgan fingerprint density at radius 1 is 0.603 bits per heavy atom. The summed E-state index contributed by atoms with van der Waals surface area (Å²) in [6.45, 7) is 16.1. The summed E-state index contributed by atoms with van der Waals surface area (Å²) in [5.74, 6) is 0. The number of aromatic nitrogens is 3. The molecule has 380 valence electrons. The molecule has 0 radical (unpaired) electrons. The largest absolute Gasteiger partial charge is 0.497 e. The Morgan fingerprint density at radius 3 is 1.53 bits per heavy atom. The van der Waals surface area contributed by atoms with Crippen LogP contribution in [0.2, 0.25) is 0 Å². The fourth-order valence-electron chi connectivity index (χ4n) is 8.23. The molecule has 7 aromatic rings. The standard InChI is InChI=1S/C27H30BN3O4S.C22H19IN2O2S.C6H13BO2/c1-26(2)27(3,4)35-28(34-26)24-18-31(36(32,33)22-10-8-7-9-11-22)25-23(24)16-20(17-29-25)19-12-14-21(15-13-19)30(5)6;1-25(2)17-10-8-15(9-11-17)16-12-19-20(23)13-21(22(19)24-14-16)28(26,27)18-6-4-3-5-7-18;1-5(2)6(3,4)9-7-8-5/h7-18H,1-6H3;3-14,21H,1-2H3;7H,1-4H3. The molecule has 0 bridgehead atoms. The lowest BCUT2D eigenvalue weighted by molar-refractivity contribution is 0.00578. The first kappa shape index (κ1) is 53.9. The number of pyridine rings is 2. The molecule has 73 heavy (non-hydrogen) atoms. The van der Waals surface area contributed by atoms with Gasteiger partial charge in [0.1, 0.15) is 5.25 Å². The summed E-state index contributed by atoms with van der Waals surface area (Å²) in [7, 11) is 0.282. The van der Waals surface area contributed by atoms with Crippen molar-refractivity contribution in [1.29, 1.82) is 0 Å². The van der Waals surface area contributed by atoms with E-state index in [2.05, 4.69) is 61.7 Å². The van der Waals surface area contributed by atoms with E-state index in [1.54, 1.807) is 79.3 Å². The smallest absolute Gasteiger partial charge is 0.406 e. The molecule has 2 fully saturated rings. The summed E-state index contributed by atoms with van der Waals surface area (Å²) in [5, 5.41) is -0.0795. The molecule has 2 aliphatic heterocycles. The maximum absolute atomic E-state index is 13.6. The molecule has 3 aromatic heterocycles. The van der Waals surface area contributed by atoms with Crippen molar-refractivity contribution in [2.75, 3.05) is 38.0 Å². The van der Waals surface area contributed by atoms with Crippen molar-refractivity contribution in [3.63, 3.8) is 0 Å². The van der Waals surface area contributed by atoms with Gasteiger partial charge in [0.05, 0.1) is 37.9 Å². The average Bonchev–Trinajstić information content (AvgIpc) is 4.06. The van der Waals surface area contributed by atoms with Crippen LogP contribution in [0.3, 0.4) is 0 Å². The summed E-state index contributed by atoms with van der Waals surface area (Å²) in [4.78, 5) is 13.8. The predicted molar refractivity (Wildman–Crippen MR) is 304 cm³/mol. The number of nitrogens with zero attached hydrogens (tertiary/aromatic N) is 5. The van der Waals surface area contributed by atoms with Gasteiger partial charge < -0.3 is 28.4 Å². The highest BCUT2D eigenvalue weighted by Gasteiger charge is 2.53. The third kappa shape index (κ3) is 10.8. The number of benzene rings is 4. The van der Waals surface area contributed by atoms with Crippen molar-refractivity contribution in [3.05, 3.63) is 157 Å². The Kier molecular flexibility index (Phi) is 15.1. The Hall–Kier alpha value is -5.34. The zero-order valence-corrected chi connectivity index (χ0v) is 47.2. The number of hydrogen-bond acceptors (Lipinski definition) is 12. The molecule has 0 spiro atoms. The monoisotopic (exact) mass is 1130 g/mol. The quantitative estimate of drug-likeness (QED) is 0.100. The second-order valence-electron chi connectivity index (χ2n) is 20.6. The molecule has 1 unspecified atom stereocenters. The lowest BCUT2D eigenvalue weighted by Crippen LogP contribution is -2.41. The number of hydrogen-bond donors (Lipinski definition) is 0. The van der Waals surface area contributed by atoms with Crippen LogP contribution < -0.4 is 15.3 Å². The summed E-state index contributed by atoms with van der Waals surface area (Å²) in [5.41, 5.74) is 7.14. The van der Waals surface area contributed by atoms with Crippen LogP contribution >= 0.6 is 22.6 Å². The Labute approximate surface area is 445 Å². The molecule has 0 saturated carbocycles. The second-order valence-corrected chi connectivity index (χ2v) is 25.7. The van der Waals surface area contributed by atoms with Gasteiger partial charge in [0.15, 0.2) is 15.5 Å². The molecule has 3 aliphatic rings. The minimum absolute atomic E-state index is 0.132. The van der Waals surface area contributed by atoms with Gasteiger partial charge in [0.2, 0.25) is 0 Å². The maximum atomic E-state index is 13.6. The fourth-order valence-corrected chi connectivity index (χ4v) is 12.2. The second kappa shape index (κ2) is 20.4. The van der Waals surface area contributed by atoms with Crippen LogP contribution in [-0.2, 0) is 38.5 Å². The van der Waals surface area contributed by atoms with Crippen LogP contribution in [0, 0.1) is 0 Å². The van der Waals surface area contributed by atoms with Gasteiger partial charge >= 0.3 is 14.8 Å². The fraction of sp³-hybridized carbons (Fsp3) is 0.309. The van der Waals surface area contributed by atoms with E-state index < -0.39 is 43.4 Å². The summed E-state index contributed by atoms with van der Waals surface area (Å²) in [6, 6.07) is 37.3. The van der Waals surface area contributed by atoms with E-state index in [9.17, 15) is 16.8 Å². The van der Waals surface area contributed by atoms with Gasteiger partial charge in [-0.3, -0.25) is 4.98 Å². The van der Waals surface area contributed by atoms with Crippen molar-refractivity contribution < 1.29 is 35.5 Å². The number of rotatable bonds is 9. The lowest BCUT2D eigenvalue weighted by Gasteiger charge is -2.32. The molecular weight excluding hydrogens is 1070 g/mol. The number of halogens is 1. The van der Waals surface area contributed by atoms with E-state index in [1.807, 2.05) is 131 Å². The van der Waals surface area contributed by atoms with Crippen molar-refractivity contribution in [2.24, 2.45) is 0 Å². The first-order chi connectivity index (χ1) is 34.2. The summed E-state index contributed by atoms with van der Waals surface area (Å²) in [6.07, 6.45) is 6.85. The van der Waals surface area contributed by atoms with Gasteiger partial charge in [0.25, 0.3) is 10.0 Å². The first-order valence-corrected chi connectivity index (χ1v) is 28.0. The van der Waals surface area contributed by atoms with E-state index in [-0.39, 0.29) is 16.1 Å². The number of anilines is 2. The molecule has 4 aromatic carbocycles. The maximum Gasteiger partial charge on any atom is 0.497 e. The molecule has 13 nitrogen and oxygen atoms in total. The van der Waals surface area contributed by atoms with Crippen molar-refractivity contribution in [1.82, 2.24) is 13.9 Å². The Bertz CT molecular complexity index is 3360. The normalized spacial score (nSPS) is 18.1. The van der Waals surface area contributed by atoms with Crippen LogP contribution in [0.1, 0.15) is 71.9 Å². The van der Waals surface area contributed by atoms with Gasteiger partial charge in [0, 0.05) is 89.3 Å². The van der Waals surface area contributed by atoms with Crippen LogP contribution in [-0.4, -0.2) is 96.2 Å². The van der Waals surface area contributed by atoms with Crippen molar-refractivity contribution in [3.8, 4) is 22.3 Å². The topological polar surface area (TPSA) is 142 Å². The van der Waals surface area contributed by atoms with E-state index >= 15 is 0 Å². The highest BCUT2D eigenvalue weighted by molar-refractivity contribution is 14.1. The van der Waals surface area contributed by atoms with Gasteiger partial charge in [-0.2, -0.15) is 0 Å². The van der Waals surface area contributed by atoms with Gasteiger partial charge in [-0.05, 0) is 156 Å². The van der Waals surface area contributed by atoms with E-state index in [0.29, 0.717) is 34.8 Å². The summed E-state index contributed by atoms with van der Waals surface area (Å²) >= 11 is 2.20. The zero-order valence-electron chi connectivity index (χ0n) is 43.4. The number of sulfone groups is 1. The molecule has 5 heterocycles. The highest BCUT2D eigenvalue weighted by Crippen LogP contribution is 2.45. The zero-order chi connectivity index (χ0) is 52.9. The Balaban J connectivity index is 0.000000170. The van der Waals surface area contributed by atoms with Gasteiger partial charge in [-0.25, -0.2) is 25.8 Å². The van der Waals surface area contributed by atoms with E-state index in [4.69, 9.17) is 18.6 Å². The average molecular weight is 1130 g/mol. The molecule has 1 aliphatic carbocycles. The molecule has 10 rings (SSSR count). The Morgan fingerprint density at radius 2 is 1.07 bits per heavy atom. The van der Waals surface area contributed by atoms with Crippen LogP contribution in [0.5, 0.6) is 0 Å². The molecule has 0 N–H and O–H groups in total. The molecule has 18 heteroatoms. The third-order valence-electron chi connectivity index (χ3n) is 14.3. The van der Waals surface area contributed by atoms with Crippen LogP contribution in [0.15, 0.2) is 156 Å². The number of fused-ring (bicyclic) bond motifs is 2. The van der Waals surface area contributed by atoms with Crippen LogP contribution in [0.4, 0.5) is 11.4 Å². The molecular formula is C55H62B2IN5O8S2.